The Morgan fingerprint density at radius 2 is 1.90 bits per heavy atom. The van der Waals surface area contributed by atoms with Gasteiger partial charge >= 0.3 is 0 Å². The molecule has 0 unspecified atom stereocenters. The molecular weight excluding hydrogens is 392 g/mol. The van der Waals surface area contributed by atoms with Crippen molar-refractivity contribution in [3.05, 3.63) is 47.3 Å². The number of aromatic nitrogens is 3. The van der Waals surface area contributed by atoms with Gasteiger partial charge in [0.25, 0.3) is 0 Å². The van der Waals surface area contributed by atoms with Gasteiger partial charge in [0.05, 0.1) is 34.6 Å². The summed E-state index contributed by atoms with van der Waals surface area (Å²) in [6.45, 7) is 2.12. The Hall–Kier alpha value is -2.87. The average molecular weight is 425 g/mol. The first-order valence-electron chi connectivity index (χ1n) is 11.1. The molecule has 2 aromatic heterocycles. The van der Waals surface area contributed by atoms with Crippen molar-refractivity contribution >= 4 is 5.70 Å². The van der Waals surface area contributed by atoms with Crippen molar-refractivity contribution in [3.63, 3.8) is 0 Å². The van der Waals surface area contributed by atoms with Gasteiger partial charge in [-0.25, -0.2) is 20.8 Å². The molecular formula is C23H32N6O2. The fourth-order valence-corrected chi connectivity index (χ4v) is 3.88. The standard InChI is InChI=1S/C23H32N6O2/c1-15-21(31-17-6-4-3-5-7-17)11-10-18(28-15)23(24)20(29(2)25)13-30-22-12-19(16-8-9-16)26-14-27-22/h10-12,14,16-17H,3-9,13,24-25H2,1-2H3/b23-20-. The van der Waals surface area contributed by atoms with E-state index in [1.807, 2.05) is 25.1 Å². The Kier molecular flexibility index (Phi) is 6.56. The van der Waals surface area contributed by atoms with Crippen LogP contribution in [0.25, 0.3) is 5.70 Å². The number of pyridine rings is 1. The van der Waals surface area contributed by atoms with Crippen LogP contribution >= 0.6 is 0 Å². The molecule has 4 N–H and O–H groups in total. The Labute approximate surface area is 183 Å². The normalized spacial score (nSPS) is 17.8. The van der Waals surface area contributed by atoms with Gasteiger partial charge in [0.15, 0.2) is 0 Å². The predicted octanol–water partition coefficient (Wildman–Crippen LogP) is 3.28. The molecule has 0 aliphatic heterocycles. The quantitative estimate of drug-likeness (QED) is 0.490. The summed E-state index contributed by atoms with van der Waals surface area (Å²) in [5.74, 6) is 7.91. The van der Waals surface area contributed by atoms with Crippen molar-refractivity contribution in [2.24, 2.45) is 11.6 Å². The molecule has 31 heavy (non-hydrogen) atoms. The van der Waals surface area contributed by atoms with E-state index in [1.54, 1.807) is 7.05 Å². The number of ether oxygens (including phenoxy) is 2. The van der Waals surface area contributed by atoms with E-state index in [4.69, 9.17) is 21.1 Å². The summed E-state index contributed by atoms with van der Waals surface area (Å²) in [6, 6.07) is 5.71. The number of hydrogen-bond donors (Lipinski definition) is 2. The lowest BCUT2D eigenvalue weighted by Gasteiger charge is -2.24. The summed E-state index contributed by atoms with van der Waals surface area (Å²) in [6.07, 6.45) is 10.1. The molecule has 2 aliphatic carbocycles. The van der Waals surface area contributed by atoms with Crippen LogP contribution in [0.15, 0.2) is 30.2 Å². The van der Waals surface area contributed by atoms with Crippen molar-refractivity contribution in [3.8, 4) is 11.6 Å². The van der Waals surface area contributed by atoms with Gasteiger partial charge in [-0.2, -0.15) is 0 Å². The van der Waals surface area contributed by atoms with E-state index in [1.165, 1.54) is 43.4 Å². The van der Waals surface area contributed by atoms with Crippen molar-refractivity contribution < 1.29 is 9.47 Å². The number of aryl methyl sites for hydroxylation is 1. The van der Waals surface area contributed by atoms with Gasteiger partial charge in [0, 0.05) is 19.0 Å². The molecule has 2 fully saturated rings. The Bertz CT molecular complexity index is 935. The fourth-order valence-electron chi connectivity index (χ4n) is 3.88. The highest BCUT2D eigenvalue weighted by Gasteiger charge is 2.25. The monoisotopic (exact) mass is 424 g/mol. The fraction of sp³-hybridized carbons (Fsp3) is 0.522. The third kappa shape index (κ3) is 5.44. The molecule has 0 aromatic carbocycles. The second-order valence-corrected chi connectivity index (χ2v) is 8.47. The van der Waals surface area contributed by atoms with Crippen molar-refractivity contribution in [2.45, 2.75) is 63.9 Å². The van der Waals surface area contributed by atoms with Crippen LogP contribution in [0.4, 0.5) is 0 Å². The second-order valence-electron chi connectivity index (χ2n) is 8.47. The number of hydrazine groups is 1. The smallest absolute Gasteiger partial charge is 0.216 e. The minimum absolute atomic E-state index is 0.182. The molecule has 8 heteroatoms. The minimum atomic E-state index is 0.182. The molecule has 2 saturated carbocycles. The lowest BCUT2D eigenvalue weighted by molar-refractivity contribution is 0.153. The molecule has 4 rings (SSSR count). The van der Waals surface area contributed by atoms with Gasteiger partial charge in [-0.05, 0) is 57.6 Å². The van der Waals surface area contributed by atoms with Crippen LogP contribution in [-0.2, 0) is 0 Å². The number of likely N-dealkylation sites (N-methyl/N-ethyl adjacent to an activating group) is 1. The zero-order valence-electron chi connectivity index (χ0n) is 18.4. The van der Waals surface area contributed by atoms with Crippen molar-refractivity contribution in [2.75, 3.05) is 13.7 Å². The number of nitrogens with two attached hydrogens (primary N) is 2. The molecule has 8 nitrogen and oxygen atoms in total. The summed E-state index contributed by atoms with van der Waals surface area (Å²) in [7, 11) is 1.73. The molecule has 2 aromatic rings. The largest absolute Gasteiger partial charge is 0.489 e. The van der Waals surface area contributed by atoms with Crippen LogP contribution in [0.1, 0.15) is 67.9 Å². The molecule has 0 amide bonds. The first-order chi connectivity index (χ1) is 15.0. The summed E-state index contributed by atoms with van der Waals surface area (Å²) < 4.78 is 12.1. The van der Waals surface area contributed by atoms with Gasteiger partial charge in [0.2, 0.25) is 5.88 Å². The minimum Gasteiger partial charge on any atom is -0.489 e. The molecule has 2 heterocycles. The number of hydrogen-bond acceptors (Lipinski definition) is 8. The van der Waals surface area contributed by atoms with Gasteiger partial charge in [-0.3, -0.25) is 0 Å². The van der Waals surface area contributed by atoms with E-state index in [2.05, 4.69) is 15.0 Å². The van der Waals surface area contributed by atoms with E-state index in [9.17, 15) is 0 Å². The van der Waals surface area contributed by atoms with E-state index in [0.717, 1.165) is 30.0 Å². The Balaban J connectivity index is 1.47. The van der Waals surface area contributed by atoms with E-state index >= 15 is 0 Å². The van der Waals surface area contributed by atoms with Gasteiger partial charge in [-0.15, -0.1) is 0 Å². The molecule has 2 aliphatic rings. The Morgan fingerprint density at radius 3 is 2.58 bits per heavy atom. The zero-order valence-corrected chi connectivity index (χ0v) is 18.4. The topological polar surface area (TPSA) is 112 Å². The first kappa shape index (κ1) is 21.4. The lowest BCUT2D eigenvalue weighted by atomic mass is 9.98. The van der Waals surface area contributed by atoms with Crippen LogP contribution in [0.2, 0.25) is 0 Å². The van der Waals surface area contributed by atoms with Crippen LogP contribution in [-0.4, -0.2) is 39.7 Å². The van der Waals surface area contributed by atoms with E-state index in [-0.39, 0.29) is 12.7 Å². The van der Waals surface area contributed by atoms with Crippen LogP contribution in [0, 0.1) is 6.92 Å². The predicted molar refractivity (Wildman–Crippen MR) is 119 cm³/mol. The van der Waals surface area contributed by atoms with E-state index in [0.29, 0.717) is 28.9 Å². The maximum atomic E-state index is 6.44. The van der Waals surface area contributed by atoms with Crippen molar-refractivity contribution in [1.29, 1.82) is 0 Å². The van der Waals surface area contributed by atoms with E-state index < -0.39 is 0 Å². The molecule has 0 saturated heterocycles. The van der Waals surface area contributed by atoms with Crippen LogP contribution in [0.3, 0.4) is 0 Å². The second kappa shape index (κ2) is 9.51. The molecule has 166 valence electrons. The molecule has 0 atom stereocenters. The summed E-state index contributed by atoms with van der Waals surface area (Å²) >= 11 is 0. The maximum absolute atomic E-state index is 6.44. The SMILES string of the molecule is Cc1nc(/C(N)=C(\COc2cc(C3CC3)ncn2)N(C)N)ccc1OC1CCCCC1. The highest BCUT2D eigenvalue weighted by atomic mass is 16.5. The molecule has 0 spiro atoms. The van der Waals surface area contributed by atoms with Crippen LogP contribution < -0.4 is 21.1 Å². The van der Waals surface area contributed by atoms with Gasteiger partial charge in [0.1, 0.15) is 18.7 Å². The summed E-state index contributed by atoms with van der Waals surface area (Å²) in [5, 5.41) is 1.46. The van der Waals surface area contributed by atoms with Crippen molar-refractivity contribution in [1.82, 2.24) is 20.0 Å². The third-order valence-electron chi connectivity index (χ3n) is 5.91. The first-order valence-corrected chi connectivity index (χ1v) is 11.1. The number of nitrogens with zero attached hydrogens (tertiary/aromatic N) is 4. The van der Waals surface area contributed by atoms with Gasteiger partial charge < -0.3 is 20.2 Å². The number of rotatable bonds is 8. The molecule has 0 radical (unpaired) electrons. The molecule has 0 bridgehead atoms. The van der Waals surface area contributed by atoms with Gasteiger partial charge in [-0.1, -0.05) is 6.42 Å². The zero-order chi connectivity index (χ0) is 21.8. The Morgan fingerprint density at radius 1 is 1.13 bits per heavy atom. The third-order valence-corrected chi connectivity index (χ3v) is 5.91. The lowest BCUT2D eigenvalue weighted by Crippen LogP contribution is -2.31. The van der Waals surface area contributed by atoms with Crippen LogP contribution in [0.5, 0.6) is 11.6 Å². The highest BCUT2D eigenvalue weighted by Crippen LogP contribution is 2.39. The summed E-state index contributed by atoms with van der Waals surface area (Å²) in [5.41, 5.74) is 10.0. The highest BCUT2D eigenvalue weighted by molar-refractivity contribution is 5.63. The average Bonchev–Trinajstić information content (AvgIpc) is 3.61. The maximum Gasteiger partial charge on any atom is 0.216 e. The summed E-state index contributed by atoms with van der Waals surface area (Å²) in [4.78, 5) is 13.2.